The normalized spacial score (nSPS) is 12.3. The summed E-state index contributed by atoms with van der Waals surface area (Å²) in [5, 5.41) is 0. The Morgan fingerprint density at radius 1 is 0.667 bits per heavy atom. The van der Waals surface area contributed by atoms with Crippen molar-refractivity contribution in [2.24, 2.45) is 0 Å². The van der Waals surface area contributed by atoms with Crippen molar-refractivity contribution in [2.45, 2.75) is 9.79 Å². The Bertz CT molecular complexity index is 806. The molecule has 0 saturated carbocycles. The van der Waals surface area contributed by atoms with Gasteiger partial charge in [-0.3, -0.25) is 0 Å². The third-order valence-electron chi connectivity index (χ3n) is 2.47. The molecule has 0 heterocycles. The van der Waals surface area contributed by atoms with Gasteiger partial charge >= 0.3 is 0 Å². The van der Waals surface area contributed by atoms with Crippen LogP contribution in [0.4, 0.5) is 8.78 Å². The van der Waals surface area contributed by atoms with Gasteiger partial charge in [0.15, 0.2) is 0 Å². The lowest BCUT2D eigenvalue weighted by molar-refractivity contribution is 0.553. The Balaban J connectivity index is 2.46. The van der Waals surface area contributed by atoms with Gasteiger partial charge < -0.3 is 0 Å². The molecule has 0 aliphatic heterocycles. The summed E-state index contributed by atoms with van der Waals surface area (Å²) < 4.78 is 75.8. The van der Waals surface area contributed by atoms with E-state index in [4.69, 9.17) is 0 Å². The predicted molar refractivity (Wildman–Crippen MR) is 70.3 cm³/mol. The largest absolute Gasteiger partial charge is 0.256 e. The van der Waals surface area contributed by atoms with E-state index in [1.54, 1.807) is 0 Å². The maximum Gasteiger partial charge on any atom is 0.256 e. The average Bonchev–Trinajstić information content (AvgIpc) is 2.38. The first-order valence-corrected chi connectivity index (χ1v) is 8.48. The highest BCUT2D eigenvalue weighted by Crippen LogP contribution is 2.18. The highest BCUT2D eigenvalue weighted by atomic mass is 32.3. The van der Waals surface area contributed by atoms with Crippen LogP contribution < -0.4 is 4.13 Å². The highest BCUT2D eigenvalue weighted by Gasteiger charge is 2.28. The molecule has 0 fully saturated rings. The molecule has 2 rings (SSSR count). The van der Waals surface area contributed by atoms with Crippen molar-refractivity contribution in [3.05, 3.63) is 60.2 Å². The fraction of sp³-hybridized carbons (Fsp3) is 0. The van der Waals surface area contributed by atoms with Crippen LogP contribution in [0.25, 0.3) is 0 Å². The summed E-state index contributed by atoms with van der Waals surface area (Å²) >= 11 is 0. The minimum absolute atomic E-state index is 0.843. The molecule has 0 spiro atoms. The number of benzene rings is 2. The second-order valence-corrected chi connectivity index (χ2v) is 7.51. The molecule has 0 aliphatic rings. The van der Waals surface area contributed by atoms with Crippen LogP contribution >= 0.6 is 0 Å². The summed E-state index contributed by atoms with van der Waals surface area (Å²) in [6.45, 7) is 0. The molecule has 0 aliphatic carbocycles. The first-order valence-electron chi connectivity index (χ1n) is 5.52. The van der Waals surface area contributed by atoms with Crippen molar-refractivity contribution < 1.29 is 25.6 Å². The Hall–Kier alpha value is -1.84. The molecule has 0 radical (unpaired) electrons. The van der Waals surface area contributed by atoms with Gasteiger partial charge in [-0.1, -0.05) is 24.3 Å². The van der Waals surface area contributed by atoms with Crippen LogP contribution in [0.2, 0.25) is 0 Å². The third kappa shape index (κ3) is 3.26. The maximum absolute atomic E-state index is 13.5. The van der Waals surface area contributed by atoms with Crippen molar-refractivity contribution in [1.82, 2.24) is 4.13 Å². The molecule has 0 aromatic heterocycles. The molecule has 2 aromatic carbocycles. The first-order chi connectivity index (χ1) is 9.74. The van der Waals surface area contributed by atoms with E-state index in [0.717, 1.165) is 24.3 Å². The van der Waals surface area contributed by atoms with Gasteiger partial charge in [-0.2, -0.15) is 0 Å². The lowest BCUT2D eigenvalue weighted by Crippen LogP contribution is -2.31. The van der Waals surface area contributed by atoms with Crippen molar-refractivity contribution in [1.29, 1.82) is 0 Å². The third-order valence-corrected chi connectivity index (χ3v) is 6.05. The van der Waals surface area contributed by atoms with Crippen LogP contribution in [0.5, 0.6) is 0 Å². The van der Waals surface area contributed by atoms with E-state index in [1.807, 2.05) is 0 Å². The fourth-order valence-electron chi connectivity index (χ4n) is 1.56. The van der Waals surface area contributed by atoms with Gasteiger partial charge in [0.05, 0.1) is 0 Å². The van der Waals surface area contributed by atoms with Crippen molar-refractivity contribution in [2.75, 3.05) is 0 Å². The van der Waals surface area contributed by atoms with E-state index in [-0.39, 0.29) is 0 Å². The Morgan fingerprint density at radius 2 is 1.00 bits per heavy atom. The number of rotatable bonds is 4. The smallest absolute Gasteiger partial charge is 0.206 e. The molecule has 0 amide bonds. The fourth-order valence-corrected chi connectivity index (χ4v) is 4.60. The molecule has 112 valence electrons. The molecular weight excluding hydrogens is 324 g/mol. The van der Waals surface area contributed by atoms with Gasteiger partial charge in [-0.25, -0.2) is 25.6 Å². The molecule has 0 atom stereocenters. The second-order valence-electron chi connectivity index (χ2n) is 3.95. The number of sulfonamides is 2. The van der Waals surface area contributed by atoms with Crippen LogP contribution in [0.15, 0.2) is 58.3 Å². The number of nitrogens with one attached hydrogen (secondary N) is 1. The lowest BCUT2D eigenvalue weighted by atomic mass is 10.4. The molecule has 2 aromatic rings. The first kappa shape index (κ1) is 15.5. The average molecular weight is 333 g/mol. The number of hydrogen-bond acceptors (Lipinski definition) is 4. The van der Waals surface area contributed by atoms with Gasteiger partial charge in [0.1, 0.15) is 21.4 Å². The van der Waals surface area contributed by atoms with Gasteiger partial charge in [0, 0.05) is 0 Å². The van der Waals surface area contributed by atoms with Gasteiger partial charge in [-0.15, -0.1) is 4.13 Å². The second kappa shape index (κ2) is 5.51. The molecule has 0 unspecified atom stereocenters. The van der Waals surface area contributed by atoms with Crippen molar-refractivity contribution >= 4 is 20.0 Å². The van der Waals surface area contributed by atoms with Crippen LogP contribution in [0.3, 0.4) is 0 Å². The summed E-state index contributed by atoms with van der Waals surface area (Å²) in [7, 11) is -9.39. The van der Waals surface area contributed by atoms with Gasteiger partial charge in [0.2, 0.25) is 0 Å². The van der Waals surface area contributed by atoms with E-state index < -0.39 is 41.5 Å². The minimum Gasteiger partial charge on any atom is -0.206 e. The zero-order chi connectivity index (χ0) is 15.7. The summed E-state index contributed by atoms with van der Waals surface area (Å²) in [6.07, 6.45) is 0. The Kier molecular flexibility index (Phi) is 4.08. The SMILES string of the molecule is O=S(=O)(NS(=O)(=O)c1ccccc1F)c1ccccc1F. The van der Waals surface area contributed by atoms with E-state index >= 15 is 0 Å². The number of hydrogen-bond donors (Lipinski definition) is 1. The summed E-state index contributed by atoms with van der Waals surface area (Å²) in [5.74, 6) is -2.23. The van der Waals surface area contributed by atoms with E-state index in [9.17, 15) is 25.6 Å². The van der Waals surface area contributed by atoms with Crippen LogP contribution in [0.1, 0.15) is 0 Å². The molecule has 21 heavy (non-hydrogen) atoms. The van der Waals surface area contributed by atoms with E-state index in [2.05, 4.69) is 0 Å². The maximum atomic E-state index is 13.5. The summed E-state index contributed by atoms with van der Waals surface area (Å²) in [6, 6.07) is 8.48. The predicted octanol–water partition coefficient (Wildman–Crippen LogP) is 1.63. The topological polar surface area (TPSA) is 80.3 Å². The zero-order valence-electron chi connectivity index (χ0n) is 10.3. The summed E-state index contributed by atoms with van der Waals surface area (Å²) in [4.78, 5) is -1.69. The van der Waals surface area contributed by atoms with Crippen LogP contribution in [0, 0.1) is 11.6 Å². The molecule has 0 bridgehead atoms. The molecular formula is C12H9F2NO4S2. The standard InChI is InChI=1S/C12H9F2NO4S2/c13-9-5-1-3-7-11(9)20(16,17)15-21(18,19)12-8-4-2-6-10(12)14/h1-8,15H. The monoisotopic (exact) mass is 333 g/mol. The molecule has 0 saturated heterocycles. The molecule has 1 N–H and O–H groups in total. The molecule has 9 heteroatoms. The Labute approximate surface area is 120 Å². The van der Waals surface area contributed by atoms with Crippen molar-refractivity contribution in [3.8, 4) is 0 Å². The van der Waals surface area contributed by atoms with E-state index in [1.165, 1.54) is 28.4 Å². The van der Waals surface area contributed by atoms with Crippen LogP contribution in [-0.2, 0) is 20.0 Å². The van der Waals surface area contributed by atoms with Gasteiger partial charge in [0.25, 0.3) is 20.0 Å². The quantitative estimate of drug-likeness (QED) is 0.922. The highest BCUT2D eigenvalue weighted by molar-refractivity contribution is 8.04. The minimum atomic E-state index is -4.69. The Morgan fingerprint density at radius 3 is 1.33 bits per heavy atom. The number of halogens is 2. The molecule has 5 nitrogen and oxygen atoms in total. The van der Waals surface area contributed by atoms with Crippen LogP contribution in [-0.4, -0.2) is 16.8 Å². The zero-order valence-corrected chi connectivity index (χ0v) is 12.0. The van der Waals surface area contributed by atoms with Gasteiger partial charge in [-0.05, 0) is 24.3 Å². The summed E-state index contributed by atoms with van der Waals surface area (Å²) in [5.41, 5.74) is 0. The van der Waals surface area contributed by atoms with E-state index in [0.29, 0.717) is 0 Å². The lowest BCUT2D eigenvalue weighted by Gasteiger charge is -2.09. The van der Waals surface area contributed by atoms with Crippen molar-refractivity contribution in [3.63, 3.8) is 0 Å².